The van der Waals surface area contributed by atoms with Crippen molar-refractivity contribution in [2.45, 2.75) is 64.5 Å². The molecule has 0 spiro atoms. The number of rotatable bonds is 10. The van der Waals surface area contributed by atoms with Crippen molar-refractivity contribution in [2.75, 3.05) is 6.61 Å². The molecule has 2 N–H and O–H groups in total. The van der Waals surface area contributed by atoms with Crippen molar-refractivity contribution < 1.29 is 5.11 Å². The van der Waals surface area contributed by atoms with Gasteiger partial charge < -0.3 is 10.4 Å². The van der Waals surface area contributed by atoms with E-state index in [2.05, 4.69) is 31.3 Å². The molecule has 1 aromatic rings. The first-order chi connectivity index (χ1) is 9.27. The largest absolute Gasteiger partial charge is 0.394 e. The zero-order chi connectivity index (χ0) is 13.9. The Kier molecular flexibility index (Phi) is 8.52. The Morgan fingerprint density at radius 1 is 1.05 bits per heavy atom. The molecule has 0 radical (unpaired) electrons. The molecule has 1 unspecified atom stereocenters. The summed E-state index contributed by atoms with van der Waals surface area (Å²) >= 11 is 0. The Balaban J connectivity index is 2.27. The molecule has 0 fully saturated rings. The fraction of sp³-hybridized carbons (Fsp3) is 0.647. The third-order valence-corrected chi connectivity index (χ3v) is 3.61. The van der Waals surface area contributed by atoms with Gasteiger partial charge >= 0.3 is 0 Å². The lowest BCUT2D eigenvalue weighted by atomic mass is 10.0. The molecule has 0 saturated heterocycles. The predicted molar refractivity (Wildman–Crippen MR) is 82.2 cm³/mol. The molecule has 2 heteroatoms. The fourth-order valence-electron chi connectivity index (χ4n) is 2.42. The molecule has 1 aromatic carbocycles. The Hall–Kier alpha value is -0.860. The number of hydrogen-bond donors (Lipinski definition) is 2. The van der Waals surface area contributed by atoms with Crippen LogP contribution in [0.5, 0.6) is 0 Å². The minimum Gasteiger partial charge on any atom is -0.394 e. The number of hydrogen-bond acceptors (Lipinski definition) is 2. The highest BCUT2D eigenvalue weighted by molar-refractivity contribution is 5.19. The van der Waals surface area contributed by atoms with Crippen LogP contribution in [-0.4, -0.2) is 17.8 Å². The van der Waals surface area contributed by atoms with E-state index in [4.69, 9.17) is 0 Å². The first-order valence-corrected chi connectivity index (χ1v) is 7.69. The standard InChI is InChI=1S/C17H29NO/c1-3-4-5-6-8-11-15(2)18-17(14-19)16-12-9-7-10-13-16/h7,9-10,12-13,15,17-19H,3-6,8,11,14H2,1-2H3/t15?,17-/m1/s1. The van der Waals surface area contributed by atoms with E-state index >= 15 is 0 Å². The van der Waals surface area contributed by atoms with Crippen molar-refractivity contribution in [2.24, 2.45) is 0 Å². The van der Waals surface area contributed by atoms with Crippen LogP contribution in [0.2, 0.25) is 0 Å². The monoisotopic (exact) mass is 263 g/mol. The van der Waals surface area contributed by atoms with Gasteiger partial charge in [-0.25, -0.2) is 0 Å². The number of aliphatic hydroxyl groups is 1. The molecule has 0 saturated carbocycles. The molecule has 0 heterocycles. The third kappa shape index (κ3) is 6.74. The van der Waals surface area contributed by atoms with Crippen LogP contribution >= 0.6 is 0 Å². The summed E-state index contributed by atoms with van der Waals surface area (Å²) in [7, 11) is 0. The number of nitrogens with one attached hydrogen (secondary N) is 1. The lowest BCUT2D eigenvalue weighted by Gasteiger charge is -2.22. The summed E-state index contributed by atoms with van der Waals surface area (Å²) in [6.07, 6.45) is 7.80. The van der Waals surface area contributed by atoms with Crippen molar-refractivity contribution in [3.05, 3.63) is 35.9 Å². The van der Waals surface area contributed by atoms with Crippen molar-refractivity contribution >= 4 is 0 Å². The summed E-state index contributed by atoms with van der Waals surface area (Å²) in [5, 5.41) is 13.0. The first kappa shape index (κ1) is 16.2. The Morgan fingerprint density at radius 3 is 2.37 bits per heavy atom. The lowest BCUT2D eigenvalue weighted by molar-refractivity contribution is 0.232. The van der Waals surface area contributed by atoms with Crippen LogP contribution < -0.4 is 5.32 Å². The minimum absolute atomic E-state index is 0.0619. The van der Waals surface area contributed by atoms with Gasteiger partial charge in [0.05, 0.1) is 12.6 Å². The van der Waals surface area contributed by atoms with Gasteiger partial charge in [0.2, 0.25) is 0 Å². The molecule has 1 rings (SSSR count). The average molecular weight is 263 g/mol. The molecule has 0 aliphatic rings. The highest BCUT2D eigenvalue weighted by atomic mass is 16.3. The summed E-state index contributed by atoms with van der Waals surface area (Å²) in [5.41, 5.74) is 1.17. The molecule has 0 aliphatic heterocycles. The summed E-state index contributed by atoms with van der Waals surface area (Å²) < 4.78 is 0. The zero-order valence-corrected chi connectivity index (χ0v) is 12.4. The van der Waals surface area contributed by atoms with Crippen LogP contribution in [0.15, 0.2) is 30.3 Å². The summed E-state index contributed by atoms with van der Waals surface area (Å²) in [4.78, 5) is 0. The van der Waals surface area contributed by atoms with Gasteiger partial charge in [-0.2, -0.15) is 0 Å². The molecule has 0 aromatic heterocycles. The Bertz CT molecular complexity index is 312. The van der Waals surface area contributed by atoms with Crippen LogP contribution in [0.3, 0.4) is 0 Å². The fourth-order valence-corrected chi connectivity index (χ4v) is 2.42. The lowest BCUT2D eigenvalue weighted by Crippen LogP contribution is -2.32. The summed E-state index contributed by atoms with van der Waals surface area (Å²) in [5.74, 6) is 0. The van der Waals surface area contributed by atoms with Gasteiger partial charge in [-0.05, 0) is 18.9 Å². The molecular weight excluding hydrogens is 234 g/mol. The van der Waals surface area contributed by atoms with Crippen LogP contribution in [0.1, 0.15) is 64.0 Å². The normalized spacial score (nSPS) is 14.3. The van der Waals surface area contributed by atoms with E-state index in [1.165, 1.54) is 44.1 Å². The quantitative estimate of drug-likeness (QED) is 0.624. The molecule has 2 atom stereocenters. The molecule has 2 nitrogen and oxygen atoms in total. The van der Waals surface area contributed by atoms with E-state index in [-0.39, 0.29) is 12.6 Å². The van der Waals surface area contributed by atoms with Gasteiger partial charge in [-0.15, -0.1) is 0 Å². The second-order valence-electron chi connectivity index (χ2n) is 5.42. The maximum atomic E-state index is 9.51. The predicted octanol–water partition coefficient (Wildman–Crippen LogP) is 4.06. The van der Waals surface area contributed by atoms with Crippen LogP contribution in [0.25, 0.3) is 0 Å². The number of benzene rings is 1. The summed E-state index contributed by atoms with van der Waals surface area (Å²) in [6, 6.07) is 10.7. The highest BCUT2D eigenvalue weighted by Crippen LogP contribution is 2.14. The Labute approximate surface area is 118 Å². The van der Waals surface area contributed by atoms with Gasteiger partial charge in [-0.1, -0.05) is 69.4 Å². The SMILES string of the molecule is CCCCCCCC(C)N[C@H](CO)c1ccccc1. The van der Waals surface area contributed by atoms with Crippen molar-refractivity contribution in [3.63, 3.8) is 0 Å². The van der Waals surface area contributed by atoms with Crippen molar-refractivity contribution in [1.82, 2.24) is 5.32 Å². The van der Waals surface area contributed by atoms with E-state index in [1.807, 2.05) is 18.2 Å². The molecule has 108 valence electrons. The van der Waals surface area contributed by atoms with Crippen molar-refractivity contribution in [3.8, 4) is 0 Å². The maximum Gasteiger partial charge on any atom is 0.0626 e. The van der Waals surface area contributed by atoms with E-state index in [0.717, 1.165) is 0 Å². The van der Waals surface area contributed by atoms with Gasteiger partial charge in [-0.3, -0.25) is 0 Å². The Morgan fingerprint density at radius 2 is 1.74 bits per heavy atom. The van der Waals surface area contributed by atoms with Crippen LogP contribution in [-0.2, 0) is 0 Å². The van der Waals surface area contributed by atoms with E-state index < -0.39 is 0 Å². The molecule has 19 heavy (non-hydrogen) atoms. The average Bonchev–Trinajstić information content (AvgIpc) is 2.45. The summed E-state index contributed by atoms with van der Waals surface area (Å²) in [6.45, 7) is 4.62. The highest BCUT2D eigenvalue weighted by Gasteiger charge is 2.12. The molecule has 0 aliphatic carbocycles. The molecule has 0 amide bonds. The number of aliphatic hydroxyl groups excluding tert-OH is 1. The molecular formula is C17H29NO. The van der Waals surface area contributed by atoms with Gasteiger partial charge in [0.15, 0.2) is 0 Å². The van der Waals surface area contributed by atoms with Crippen LogP contribution in [0, 0.1) is 0 Å². The second-order valence-corrected chi connectivity index (χ2v) is 5.42. The van der Waals surface area contributed by atoms with Gasteiger partial charge in [0.25, 0.3) is 0 Å². The maximum absolute atomic E-state index is 9.51. The van der Waals surface area contributed by atoms with E-state index in [1.54, 1.807) is 0 Å². The topological polar surface area (TPSA) is 32.3 Å². The zero-order valence-electron chi connectivity index (χ0n) is 12.4. The second kappa shape index (κ2) is 9.99. The number of unbranched alkanes of at least 4 members (excludes halogenated alkanes) is 4. The third-order valence-electron chi connectivity index (χ3n) is 3.61. The van der Waals surface area contributed by atoms with Gasteiger partial charge in [0, 0.05) is 6.04 Å². The van der Waals surface area contributed by atoms with E-state index in [0.29, 0.717) is 6.04 Å². The minimum atomic E-state index is 0.0619. The first-order valence-electron chi connectivity index (χ1n) is 7.69. The van der Waals surface area contributed by atoms with Crippen LogP contribution in [0.4, 0.5) is 0 Å². The smallest absolute Gasteiger partial charge is 0.0626 e. The van der Waals surface area contributed by atoms with Gasteiger partial charge in [0.1, 0.15) is 0 Å². The molecule has 0 bridgehead atoms. The van der Waals surface area contributed by atoms with E-state index in [9.17, 15) is 5.11 Å². The van der Waals surface area contributed by atoms with Crippen molar-refractivity contribution in [1.29, 1.82) is 0 Å².